The van der Waals surface area contributed by atoms with Gasteiger partial charge in [-0.25, -0.2) is 0 Å². The van der Waals surface area contributed by atoms with Gasteiger partial charge in [-0.2, -0.15) is 13.2 Å². The summed E-state index contributed by atoms with van der Waals surface area (Å²) in [7, 11) is 0. The molecular formula is C8H8F3NO. The first-order valence-corrected chi connectivity index (χ1v) is 3.60. The summed E-state index contributed by atoms with van der Waals surface area (Å²) in [5.74, 6) is 0. The van der Waals surface area contributed by atoms with Crippen LogP contribution in [0.25, 0.3) is 0 Å². The Balaban J connectivity index is 3.47. The van der Waals surface area contributed by atoms with Gasteiger partial charge in [0.2, 0.25) is 0 Å². The third-order valence-corrected chi connectivity index (χ3v) is 1.65. The van der Waals surface area contributed by atoms with Crippen LogP contribution in [-0.4, -0.2) is 4.98 Å². The number of hydrogen-bond donors (Lipinski definition) is 1. The summed E-state index contributed by atoms with van der Waals surface area (Å²) in [5.41, 5.74) is -1.81. The Morgan fingerprint density at radius 1 is 1.31 bits per heavy atom. The molecule has 0 saturated carbocycles. The van der Waals surface area contributed by atoms with E-state index in [0.29, 0.717) is 5.69 Å². The Morgan fingerprint density at radius 3 is 2.23 bits per heavy atom. The molecule has 0 fully saturated rings. The SMILES string of the molecule is Cc1cc(C)c(C(F)(F)F)c(=O)[nH]1. The number of pyridine rings is 1. The normalized spacial score (nSPS) is 11.8. The van der Waals surface area contributed by atoms with Gasteiger partial charge in [0.05, 0.1) is 0 Å². The highest BCUT2D eigenvalue weighted by Gasteiger charge is 2.35. The maximum absolute atomic E-state index is 12.2. The number of rotatable bonds is 0. The standard InChI is InChI=1S/C8H8F3NO/c1-4-3-5(2)12-7(13)6(4)8(9,10)11/h3H,1-2H3,(H,12,13). The first kappa shape index (κ1) is 9.83. The summed E-state index contributed by atoms with van der Waals surface area (Å²) in [5, 5.41) is 0. The van der Waals surface area contributed by atoms with E-state index in [2.05, 4.69) is 4.98 Å². The molecule has 0 spiro atoms. The molecule has 0 atom stereocenters. The zero-order chi connectivity index (χ0) is 10.2. The summed E-state index contributed by atoms with van der Waals surface area (Å²) in [6.45, 7) is 2.81. The van der Waals surface area contributed by atoms with Gasteiger partial charge in [0, 0.05) is 5.69 Å². The lowest BCUT2D eigenvalue weighted by Gasteiger charge is -2.08. The van der Waals surface area contributed by atoms with Crippen LogP contribution in [0.1, 0.15) is 16.8 Å². The highest BCUT2D eigenvalue weighted by molar-refractivity contribution is 5.27. The fourth-order valence-electron chi connectivity index (χ4n) is 1.21. The van der Waals surface area contributed by atoms with Crippen LogP contribution in [0.3, 0.4) is 0 Å². The van der Waals surface area contributed by atoms with E-state index >= 15 is 0 Å². The lowest BCUT2D eigenvalue weighted by Crippen LogP contribution is -2.23. The van der Waals surface area contributed by atoms with Crippen molar-refractivity contribution < 1.29 is 13.2 Å². The van der Waals surface area contributed by atoms with Crippen LogP contribution in [0.4, 0.5) is 13.2 Å². The number of halogens is 3. The lowest BCUT2D eigenvalue weighted by atomic mass is 10.1. The molecule has 72 valence electrons. The minimum Gasteiger partial charge on any atom is -0.326 e. The van der Waals surface area contributed by atoms with Crippen LogP contribution in [-0.2, 0) is 6.18 Å². The Morgan fingerprint density at radius 2 is 1.85 bits per heavy atom. The molecule has 5 heteroatoms. The second kappa shape index (κ2) is 2.90. The number of aromatic amines is 1. The Kier molecular flexibility index (Phi) is 2.19. The smallest absolute Gasteiger partial charge is 0.326 e. The van der Waals surface area contributed by atoms with Crippen LogP contribution in [0.5, 0.6) is 0 Å². The van der Waals surface area contributed by atoms with Crippen LogP contribution >= 0.6 is 0 Å². The summed E-state index contributed by atoms with van der Waals surface area (Å²) < 4.78 is 36.7. The average Bonchev–Trinajstić information content (AvgIpc) is 1.78. The maximum Gasteiger partial charge on any atom is 0.421 e. The molecule has 1 aromatic rings. The summed E-state index contributed by atoms with van der Waals surface area (Å²) in [6, 6.07) is 1.30. The Bertz CT molecular complexity index is 378. The van der Waals surface area contributed by atoms with Gasteiger partial charge in [0.25, 0.3) is 5.56 Å². The monoisotopic (exact) mass is 191 g/mol. The van der Waals surface area contributed by atoms with Crippen molar-refractivity contribution in [3.63, 3.8) is 0 Å². The maximum atomic E-state index is 12.2. The van der Waals surface area contributed by atoms with E-state index in [1.807, 2.05) is 0 Å². The molecule has 0 amide bonds. The fraction of sp³-hybridized carbons (Fsp3) is 0.375. The summed E-state index contributed by atoms with van der Waals surface area (Å²) >= 11 is 0. The number of hydrogen-bond acceptors (Lipinski definition) is 1. The zero-order valence-corrected chi connectivity index (χ0v) is 7.12. The van der Waals surface area contributed by atoms with Crippen molar-refractivity contribution in [2.45, 2.75) is 20.0 Å². The van der Waals surface area contributed by atoms with E-state index in [4.69, 9.17) is 0 Å². The molecule has 1 N–H and O–H groups in total. The molecule has 0 bridgehead atoms. The fourth-order valence-corrected chi connectivity index (χ4v) is 1.21. The topological polar surface area (TPSA) is 32.9 Å². The van der Waals surface area contributed by atoms with Gasteiger partial charge in [-0.3, -0.25) is 4.79 Å². The van der Waals surface area contributed by atoms with Gasteiger partial charge < -0.3 is 4.98 Å². The van der Waals surface area contributed by atoms with Crippen molar-refractivity contribution in [3.8, 4) is 0 Å². The molecule has 0 aliphatic carbocycles. The second-order valence-corrected chi connectivity index (χ2v) is 2.84. The molecule has 2 nitrogen and oxygen atoms in total. The quantitative estimate of drug-likeness (QED) is 0.668. The van der Waals surface area contributed by atoms with Crippen molar-refractivity contribution in [2.24, 2.45) is 0 Å². The van der Waals surface area contributed by atoms with Crippen molar-refractivity contribution in [1.29, 1.82) is 0 Å². The van der Waals surface area contributed by atoms with Gasteiger partial charge in [-0.15, -0.1) is 0 Å². The van der Waals surface area contributed by atoms with E-state index in [1.165, 1.54) is 19.9 Å². The zero-order valence-electron chi connectivity index (χ0n) is 7.12. The van der Waals surface area contributed by atoms with Gasteiger partial charge in [0.15, 0.2) is 0 Å². The molecule has 0 aliphatic heterocycles. The minimum atomic E-state index is -4.58. The predicted molar refractivity (Wildman–Crippen MR) is 41.5 cm³/mol. The predicted octanol–water partition coefficient (Wildman–Crippen LogP) is 2.01. The Hall–Kier alpha value is -1.26. The molecule has 1 heterocycles. The van der Waals surface area contributed by atoms with E-state index in [9.17, 15) is 18.0 Å². The van der Waals surface area contributed by atoms with Crippen molar-refractivity contribution >= 4 is 0 Å². The summed E-state index contributed by atoms with van der Waals surface area (Å²) in [6.07, 6.45) is -4.58. The van der Waals surface area contributed by atoms with E-state index in [-0.39, 0.29) is 5.56 Å². The summed E-state index contributed by atoms with van der Waals surface area (Å²) in [4.78, 5) is 13.0. The molecule has 1 aromatic heterocycles. The van der Waals surface area contributed by atoms with Gasteiger partial charge in [0.1, 0.15) is 5.56 Å². The van der Waals surface area contributed by atoms with Gasteiger partial charge in [-0.05, 0) is 25.5 Å². The van der Waals surface area contributed by atoms with Gasteiger partial charge in [-0.1, -0.05) is 0 Å². The van der Waals surface area contributed by atoms with E-state index < -0.39 is 17.3 Å². The third kappa shape index (κ3) is 1.91. The van der Waals surface area contributed by atoms with Gasteiger partial charge >= 0.3 is 6.18 Å². The first-order chi connectivity index (χ1) is 5.82. The number of nitrogens with one attached hydrogen (secondary N) is 1. The molecule has 0 aliphatic rings. The highest BCUT2D eigenvalue weighted by Crippen LogP contribution is 2.28. The number of aryl methyl sites for hydroxylation is 2. The van der Waals surface area contributed by atoms with Crippen LogP contribution in [0.2, 0.25) is 0 Å². The number of H-pyrrole nitrogens is 1. The van der Waals surface area contributed by atoms with Crippen LogP contribution in [0, 0.1) is 13.8 Å². The van der Waals surface area contributed by atoms with Crippen molar-refractivity contribution in [1.82, 2.24) is 4.98 Å². The molecule has 0 unspecified atom stereocenters. The van der Waals surface area contributed by atoms with E-state index in [0.717, 1.165) is 0 Å². The molecule has 0 radical (unpaired) electrons. The molecule has 0 aromatic carbocycles. The first-order valence-electron chi connectivity index (χ1n) is 3.60. The number of aromatic nitrogens is 1. The van der Waals surface area contributed by atoms with Crippen LogP contribution in [0.15, 0.2) is 10.9 Å². The molecule has 1 rings (SSSR count). The minimum absolute atomic E-state index is 0.0475. The molecule has 13 heavy (non-hydrogen) atoms. The Labute approximate surface area is 72.4 Å². The third-order valence-electron chi connectivity index (χ3n) is 1.65. The largest absolute Gasteiger partial charge is 0.421 e. The van der Waals surface area contributed by atoms with Crippen molar-refractivity contribution in [3.05, 3.63) is 33.2 Å². The molecular weight excluding hydrogens is 183 g/mol. The van der Waals surface area contributed by atoms with E-state index in [1.54, 1.807) is 0 Å². The van der Waals surface area contributed by atoms with Crippen molar-refractivity contribution in [2.75, 3.05) is 0 Å². The second-order valence-electron chi connectivity index (χ2n) is 2.84. The highest BCUT2D eigenvalue weighted by atomic mass is 19.4. The molecule has 0 saturated heterocycles. The van der Waals surface area contributed by atoms with Crippen LogP contribution < -0.4 is 5.56 Å². The number of alkyl halides is 3. The lowest BCUT2D eigenvalue weighted by molar-refractivity contribution is -0.139. The average molecular weight is 191 g/mol.